The Kier molecular flexibility index (Phi) is 4.13. The smallest absolute Gasteiger partial charge is 0.379 e. The fraction of sp³-hybridized carbons (Fsp3) is 0.846. The highest BCUT2D eigenvalue weighted by molar-refractivity contribution is 7.80. The molecule has 0 radical (unpaired) electrons. The van der Waals surface area contributed by atoms with Gasteiger partial charge in [0.1, 0.15) is 12.3 Å². The molecular formula is C13H20N4O8S. The molecule has 0 aromatic heterocycles. The first-order valence-corrected chi connectivity index (χ1v) is 9.59. The average molecular weight is 392 g/mol. The highest BCUT2D eigenvalue weighted by Crippen LogP contribution is 2.52. The number of primary amides is 1. The number of hydrogen-bond acceptors (Lipinski definition) is 8. The van der Waals surface area contributed by atoms with Crippen LogP contribution < -0.4 is 5.73 Å². The molecule has 0 aliphatic carbocycles. The Hall–Kier alpha value is -1.51. The topological polar surface area (TPSA) is 152 Å². The van der Waals surface area contributed by atoms with Crippen LogP contribution >= 0.6 is 0 Å². The second-order valence-electron chi connectivity index (χ2n) is 6.95. The summed E-state index contributed by atoms with van der Waals surface area (Å²) in [7, 11) is -4.91. The zero-order valence-corrected chi connectivity index (χ0v) is 14.6. The number of carbonyl (C=O) groups is 2. The first-order valence-electron chi connectivity index (χ1n) is 8.22. The highest BCUT2D eigenvalue weighted by Gasteiger charge is 2.67. The van der Waals surface area contributed by atoms with E-state index in [4.69, 9.17) is 19.8 Å². The largest absolute Gasteiger partial charge is 0.418 e. The Morgan fingerprint density at radius 1 is 1.35 bits per heavy atom. The number of ether oxygens (including phenoxy) is 2. The van der Waals surface area contributed by atoms with Crippen molar-refractivity contribution in [3.63, 3.8) is 0 Å². The van der Waals surface area contributed by atoms with Crippen molar-refractivity contribution in [2.45, 2.75) is 24.7 Å². The summed E-state index contributed by atoms with van der Waals surface area (Å²) in [5, 5.41) is 0.633. The van der Waals surface area contributed by atoms with Gasteiger partial charge in [-0.3, -0.25) is 14.2 Å². The molecule has 3 N–H and O–H groups in total. The molecule has 1 spiro atoms. The molecule has 146 valence electrons. The van der Waals surface area contributed by atoms with Gasteiger partial charge >= 0.3 is 16.4 Å². The Bertz CT molecular complexity index is 726. The van der Waals surface area contributed by atoms with Gasteiger partial charge in [-0.25, -0.2) is 4.79 Å². The second-order valence-corrected chi connectivity index (χ2v) is 7.95. The summed E-state index contributed by atoms with van der Waals surface area (Å²) >= 11 is 0. The summed E-state index contributed by atoms with van der Waals surface area (Å²) in [5.74, 6) is -0.683. The summed E-state index contributed by atoms with van der Waals surface area (Å²) in [6.45, 7) is 2.54. The Morgan fingerprint density at radius 2 is 2.04 bits per heavy atom. The van der Waals surface area contributed by atoms with Crippen molar-refractivity contribution < 1.29 is 36.3 Å². The maximum absolute atomic E-state index is 12.6. The lowest BCUT2D eigenvalue weighted by molar-refractivity contribution is -0.299. The van der Waals surface area contributed by atoms with Gasteiger partial charge in [-0.2, -0.15) is 13.5 Å². The molecule has 4 unspecified atom stereocenters. The number of nitrogens with two attached hydrogens (primary N) is 1. The first kappa shape index (κ1) is 17.9. The van der Waals surface area contributed by atoms with E-state index in [-0.39, 0.29) is 19.6 Å². The molecule has 26 heavy (non-hydrogen) atoms. The minimum Gasteiger partial charge on any atom is -0.379 e. The Labute approximate surface area is 149 Å². The SMILES string of the molecule is NC(=O)C1CC2(COC2N2CCOCC2)C2CN1C(=O)N2OS(=O)(=O)O. The number of hydrogen-bond donors (Lipinski definition) is 2. The molecule has 4 aliphatic rings. The lowest BCUT2D eigenvalue weighted by Crippen LogP contribution is -2.72. The third-order valence-electron chi connectivity index (χ3n) is 5.58. The van der Waals surface area contributed by atoms with Crippen LogP contribution in [0.1, 0.15) is 6.42 Å². The van der Waals surface area contributed by atoms with Crippen LogP contribution in [-0.2, 0) is 29.0 Å². The number of hydroxylamine groups is 2. The van der Waals surface area contributed by atoms with Crippen molar-refractivity contribution in [3.05, 3.63) is 0 Å². The van der Waals surface area contributed by atoms with Crippen molar-refractivity contribution in [2.24, 2.45) is 11.1 Å². The van der Waals surface area contributed by atoms with Crippen LogP contribution in [0, 0.1) is 5.41 Å². The van der Waals surface area contributed by atoms with E-state index in [9.17, 15) is 18.0 Å². The average Bonchev–Trinajstić information content (AvgIpc) is 2.80. The minimum atomic E-state index is -4.91. The van der Waals surface area contributed by atoms with E-state index >= 15 is 0 Å². The van der Waals surface area contributed by atoms with Crippen molar-refractivity contribution in [1.82, 2.24) is 14.9 Å². The number of carbonyl (C=O) groups excluding carboxylic acids is 2. The van der Waals surface area contributed by atoms with E-state index in [1.165, 1.54) is 4.90 Å². The molecule has 2 bridgehead atoms. The number of amides is 3. The first-order chi connectivity index (χ1) is 12.2. The molecule has 0 saturated carbocycles. The minimum absolute atomic E-state index is 0.0617. The van der Waals surface area contributed by atoms with E-state index in [0.29, 0.717) is 31.4 Å². The number of fused-ring (bicyclic) bond motifs is 3. The van der Waals surface area contributed by atoms with Gasteiger partial charge in [-0.05, 0) is 6.42 Å². The van der Waals surface area contributed by atoms with Crippen LogP contribution in [0.3, 0.4) is 0 Å². The number of piperidine rings is 1. The standard InChI is InChI=1S/C13H20N4O8S/c14-10(18)8-5-13(7-24-11(13)15-1-3-23-4-2-15)9-6-16(8)12(19)17(9)25-26(20,21)22/h8-9,11H,1-7H2,(H2,14,18)(H,20,21,22). The van der Waals surface area contributed by atoms with Gasteiger partial charge in [0.05, 0.1) is 31.3 Å². The van der Waals surface area contributed by atoms with E-state index in [0.717, 1.165) is 0 Å². The molecule has 4 fully saturated rings. The predicted molar refractivity (Wildman–Crippen MR) is 82.5 cm³/mol. The summed E-state index contributed by atoms with van der Waals surface area (Å²) < 4.78 is 47.1. The van der Waals surface area contributed by atoms with E-state index in [2.05, 4.69) is 4.28 Å². The number of urea groups is 1. The quantitative estimate of drug-likeness (QED) is 0.506. The van der Waals surface area contributed by atoms with Gasteiger partial charge in [-0.1, -0.05) is 0 Å². The molecule has 4 aliphatic heterocycles. The monoisotopic (exact) mass is 392 g/mol. The molecule has 3 amide bonds. The van der Waals surface area contributed by atoms with Gasteiger partial charge in [0.2, 0.25) is 5.91 Å². The lowest BCUT2D eigenvalue weighted by atomic mass is 9.68. The predicted octanol–water partition coefficient (Wildman–Crippen LogP) is -2.24. The van der Waals surface area contributed by atoms with Gasteiger partial charge in [0.25, 0.3) is 0 Å². The van der Waals surface area contributed by atoms with Crippen molar-refractivity contribution in [1.29, 1.82) is 0 Å². The molecule has 0 aromatic carbocycles. The van der Waals surface area contributed by atoms with Gasteiger partial charge in [0.15, 0.2) is 0 Å². The van der Waals surface area contributed by atoms with Gasteiger partial charge in [0, 0.05) is 19.6 Å². The van der Waals surface area contributed by atoms with Crippen LogP contribution in [0.15, 0.2) is 0 Å². The number of morpholine rings is 1. The van der Waals surface area contributed by atoms with Crippen molar-refractivity contribution >= 4 is 22.3 Å². The van der Waals surface area contributed by atoms with Crippen LogP contribution in [0.5, 0.6) is 0 Å². The maximum atomic E-state index is 12.6. The molecule has 4 rings (SSSR count). The normalized spacial score (nSPS) is 37.9. The van der Waals surface area contributed by atoms with E-state index < -0.39 is 46.1 Å². The second kappa shape index (κ2) is 6.00. The van der Waals surface area contributed by atoms with Crippen molar-refractivity contribution in [3.8, 4) is 0 Å². The van der Waals surface area contributed by atoms with Gasteiger partial charge in [-0.15, -0.1) is 4.28 Å². The van der Waals surface area contributed by atoms with Crippen LogP contribution in [0.25, 0.3) is 0 Å². The molecule has 4 saturated heterocycles. The zero-order valence-electron chi connectivity index (χ0n) is 13.8. The summed E-state index contributed by atoms with van der Waals surface area (Å²) in [5.41, 5.74) is 4.74. The van der Waals surface area contributed by atoms with E-state index in [1.807, 2.05) is 4.90 Å². The summed E-state index contributed by atoms with van der Waals surface area (Å²) in [6.07, 6.45) is -0.203. The summed E-state index contributed by atoms with van der Waals surface area (Å²) in [4.78, 5) is 27.7. The fourth-order valence-corrected chi connectivity index (χ4v) is 4.76. The maximum Gasteiger partial charge on any atom is 0.418 e. The Morgan fingerprint density at radius 3 is 2.58 bits per heavy atom. The van der Waals surface area contributed by atoms with Crippen molar-refractivity contribution in [2.75, 3.05) is 39.5 Å². The number of nitrogens with zero attached hydrogens (tertiary/aromatic N) is 3. The third-order valence-corrected chi connectivity index (χ3v) is 5.93. The van der Waals surface area contributed by atoms with Crippen LogP contribution in [-0.4, -0.2) is 97.5 Å². The molecule has 13 heteroatoms. The molecule has 4 atom stereocenters. The number of rotatable bonds is 4. The fourth-order valence-electron chi connectivity index (χ4n) is 4.39. The highest BCUT2D eigenvalue weighted by atomic mass is 32.3. The lowest BCUT2D eigenvalue weighted by Gasteiger charge is -2.59. The van der Waals surface area contributed by atoms with Crippen LogP contribution in [0.4, 0.5) is 4.79 Å². The zero-order chi connectivity index (χ0) is 18.7. The van der Waals surface area contributed by atoms with Gasteiger partial charge < -0.3 is 20.1 Å². The third kappa shape index (κ3) is 2.66. The molecule has 12 nitrogen and oxygen atoms in total. The molecule has 4 heterocycles. The van der Waals surface area contributed by atoms with Crippen LogP contribution in [0.2, 0.25) is 0 Å². The molecular weight excluding hydrogens is 372 g/mol. The van der Waals surface area contributed by atoms with E-state index in [1.54, 1.807) is 0 Å². The Balaban J connectivity index is 1.69. The summed E-state index contributed by atoms with van der Waals surface area (Å²) in [6, 6.07) is -2.42. The molecule has 0 aromatic rings.